The smallest absolute Gasteiger partial charge is 0.295 e. The zero-order valence-electron chi connectivity index (χ0n) is 21.3. The van der Waals surface area contributed by atoms with Crippen LogP contribution in [0.25, 0.3) is 5.76 Å². The van der Waals surface area contributed by atoms with Crippen LogP contribution < -0.4 is 14.2 Å². The van der Waals surface area contributed by atoms with Crippen LogP contribution in [0.1, 0.15) is 43.0 Å². The summed E-state index contributed by atoms with van der Waals surface area (Å²) in [7, 11) is 1.54. The molecule has 37 heavy (non-hydrogen) atoms. The SMILES string of the molecule is CCCN1C(=O)C(=O)/C(=C(\O)c2cccc(OCC)c2)C1c1ccc(OCc2ccccc2)c(OC)c1. The third-order valence-corrected chi connectivity index (χ3v) is 6.16. The Balaban J connectivity index is 1.75. The maximum absolute atomic E-state index is 13.2. The highest BCUT2D eigenvalue weighted by atomic mass is 16.5. The zero-order valence-corrected chi connectivity index (χ0v) is 21.3. The Morgan fingerprint density at radius 1 is 0.919 bits per heavy atom. The van der Waals surface area contributed by atoms with Crippen LogP contribution >= 0.6 is 0 Å². The van der Waals surface area contributed by atoms with Gasteiger partial charge in [-0.15, -0.1) is 0 Å². The average Bonchev–Trinajstić information content (AvgIpc) is 3.17. The lowest BCUT2D eigenvalue weighted by molar-refractivity contribution is -0.139. The van der Waals surface area contributed by atoms with Crippen LogP contribution in [-0.4, -0.2) is 42.0 Å². The summed E-state index contributed by atoms with van der Waals surface area (Å²) >= 11 is 0. The Hall–Kier alpha value is -4.26. The molecule has 0 saturated carbocycles. The van der Waals surface area contributed by atoms with E-state index >= 15 is 0 Å². The molecule has 0 aromatic heterocycles. The third-order valence-electron chi connectivity index (χ3n) is 6.16. The van der Waals surface area contributed by atoms with Gasteiger partial charge in [0, 0.05) is 12.1 Å². The molecule has 7 nitrogen and oxygen atoms in total. The number of nitrogens with zero attached hydrogens (tertiary/aromatic N) is 1. The Labute approximate surface area is 216 Å². The quantitative estimate of drug-likeness (QED) is 0.224. The number of rotatable bonds is 10. The van der Waals surface area contributed by atoms with Crippen molar-refractivity contribution in [3.63, 3.8) is 0 Å². The van der Waals surface area contributed by atoms with E-state index in [-0.39, 0.29) is 11.3 Å². The second kappa shape index (κ2) is 11.6. The molecule has 192 valence electrons. The zero-order chi connectivity index (χ0) is 26.4. The number of methoxy groups -OCH3 is 1. The molecule has 0 aliphatic carbocycles. The first kappa shape index (κ1) is 25.8. The van der Waals surface area contributed by atoms with Crippen LogP contribution in [0.15, 0.2) is 78.4 Å². The summed E-state index contributed by atoms with van der Waals surface area (Å²) in [4.78, 5) is 27.7. The number of aliphatic hydroxyl groups is 1. The monoisotopic (exact) mass is 501 g/mol. The van der Waals surface area contributed by atoms with Gasteiger partial charge in [-0.1, -0.05) is 55.5 Å². The molecule has 4 rings (SSSR count). The Morgan fingerprint density at radius 2 is 1.70 bits per heavy atom. The Morgan fingerprint density at radius 3 is 2.41 bits per heavy atom. The lowest BCUT2D eigenvalue weighted by atomic mass is 9.95. The van der Waals surface area contributed by atoms with Crippen molar-refractivity contribution in [2.75, 3.05) is 20.3 Å². The van der Waals surface area contributed by atoms with E-state index in [1.54, 1.807) is 42.5 Å². The molecule has 1 aliphatic rings. The predicted octanol–water partition coefficient (Wildman–Crippen LogP) is 5.50. The van der Waals surface area contributed by atoms with Crippen LogP contribution in [0.4, 0.5) is 0 Å². The van der Waals surface area contributed by atoms with E-state index in [1.807, 2.05) is 44.2 Å². The van der Waals surface area contributed by atoms with Crippen molar-refractivity contribution in [3.8, 4) is 17.2 Å². The standard InChI is InChI=1S/C30H31NO6/c1-4-16-31-27(21-14-15-24(25(18-21)35-3)37-19-20-10-7-6-8-11-20)26(29(33)30(31)34)28(32)22-12-9-13-23(17-22)36-5-2/h6-15,17-18,27,32H,4-5,16,19H2,1-3H3/b28-26-. The van der Waals surface area contributed by atoms with E-state index in [1.165, 1.54) is 12.0 Å². The number of likely N-dealkylation sites (tertiary alicyclic amines) is 1. The van der Waals surface area contributed by atoms with Crippen LogP contribution in [0.5, 0.6) is 17.2 Å². The van der Waals surface area contributed by atoms with Gasteiger partial charge in [0.2, 0.25) is 0 Å². The van der Waals surface area contributed by atoms with Crippen molar-refractivity contribution >= 4 is 17.4 Å². The molecule has 3 aromatic rings. The number of aliphatic hydroxyl groups excluding tert-OH is 1. The van der Waals surface area contributed by atoms with Crippen LogP contribution in [0.2, 0.25) is 0 Å². The molecule has 0 bridgehead atoms. The number of ether oxygens (including phenoxy) is 3. The summed E-state index contributed by atoms with van der Waals surface area (Å²) in [5, 5.41) is 11.3. The first-order chi connectivity index (χ1) is 18.0. The Bertz CT molecular complexity index is 1300. The minimum atomic E-state index is -0.771. The fourth-order valence-corrected chi connectivity index (χ4v) is 4.46. The Kier molecular flexibility index (Phi) is 8.13. The fraction of sp³-hybridized carbons (Fsp3) is 0.267. The summed E-state index contributed by atoms with van der Waals surface area (Å²) in [5.74, 6) is -0.0426. The van der Waals surface area contributed by atoms with E-state index in [4.69, 9.17) is 14.2 Å². The van der Waals surface area contributed by atoms with Crippen molar-refractivity contribution in [2.45, 2.75) is 32.9 Å². The summed E-state index contributed by atoms with van der Waals surface area (Å²) < 4.78 is 17.1. The summed E-state index contributed by atoms with van der Waals surface area (Å²) in [6.07, 6.45) is 0.652. The lowest BCUT2D eigenvalue weighted by Crippen LogP contribution is -2.30. The fourth-order valence-electron chi connectivity index (χ4n) is 4.46. The molecule has 1 fully saturated rings. The molecule has 1 saturated heterocycles. The number of carbonyl (C=O) groups excluding carboxylic acids is 2. The highest BCUT2D eigenvalue weighted by Gasteiger charge is 2.45. The van der Waals surface area contributed by atoms with Crippen LogP contribution in [0, 0.1) is 0 Å². The molecule has 1 amide bonds. The van der Waals surface area contributed by atoms with Gasteiger partial charge >= 0.3 is 0 Å². The summed E-state index contributed by atoms with van der Waals surface area (Å²) in [6, 6.07) is 21.2. The van der Waals surface area contributed by atoms with Crippen molar-refractivity contribution in [2.24, 2.45) is 0 Å². The number of hydrogen-bond donors (Lipinski definition) is 1. The molecule has 0 radical (unpaired) electrons. The molecule has 0 spiro atoms. The van der Waals surface area contributed by atoms with Crippen molar-refractivity contribution in [3.05, 3.63) is 95.1 Å². The van der Waals surface area contributed by atoms with Crippen LogP contribution in [-0.2, 0) is 16.2 Å². The number of hydrogen-bond acceptors (Lipinski definition) is 6. The van der Waals surface area contributed by atoms with Gasteiger partial charge in [-0.2, -0.15) is 0 Å². The largest absolute Gasteiger partial charge is 0.507 e. The van der Waals surface area contributed by atoms with Crippen molar-refractivity contribution in [1.29, 1.82) is 0 Å². The van der Waals surface area contributed by atoms with E-state index < -0.39 is 17.7 Å². The van der Waals surface area contributed by atoms with Gasteiger partial charge in [0.1, 0.15) is 18.1 Å². The third kappa shape index (κ3) is 5.45. The van der Waals surface area contributed by atoms with E-state index in [9.17, 15) is 14.7 Å². The van der Waals surface area contributed by atoms with E-state index in [0.29, 0.717) is 54.6 Å². The van der Waals surface area contributed by atoms with Crippen molar-refractivity contribution in [1.82, 2.24) is 4.90 Å². The molecule has 1 atom stereocenters. The van der Waals surface area contributed by atoms with Gasteiger partial charge in [-0.25, -0.2) is 0 Å². The van der Waals surface area contributed by atoms with E-state index in [2.05, 4.69) is 0 Å². The average molecular weight is 502 g/mol. The first-order valence-electron chi connectivity index (χ1n) is 12.3. The van der Waals surface area contributed by atoms with Gasteiger partial charge in [0.05, 0.1) is 25.3 Å². The lowest BCUT2D eigenvalue weighted by Gasteiger charge is -2.25. The topological polar surface area (TPSA) is 85.3 Å². The van der Waals surface area contributed by atoms with Gasteiger partial charge in [0.25, 0.3) is 11.7 Å². The number of amides is 1. The summed E-state index contributed by atoms with van der Waals surface area (Å²) in [6.45, 7) is 4.98. The molecular formula is C30H31NO6. The first-order valence-corrected chi connectivity index (χ1v) is 12.3. The van der Waals surface area contributed by atoms with Gasteiger partial charge in [-0.05, 0) is 48.7 Å². The normalized spacial score (nSPS) is 16.6. The highest BCUT2D eigenvalue weighted by Crippen LogP contribution is 2.42. The predicted molar refractivity (Wildman–Crippen MR) is 141 cm³/mol. The second-order valence-corrected chi connectivity index (χ2v) is 8.64. The van der Waals surface area contributed by atoms with Gasteiger partial charge in [-0.3, -0.25) is 9.59 Å². The number of ketones is 1. The molecule has 1 unspecified atom stereocenters. The molecule has 3 aromatic carbocycles. The molecule has 1 heterocycles. The number of benzene rings is 3. The number of carbonyl (C=O) groups is 2. The highest BCUT2D eigenvalue weighted by molar-refractivity contribution is 6.46. The minimum absolute atomic E-state index is 0.0344. The number of Topliss-reactive ketones (excluding diaryl/α,β-unsaturated/α-hetero) is 1. The minimum Gasteiger partial charge on any atom is -0.507 e. The molecule has 1 aliphatic heterocycles. The molecule has 1 N–H and O–H groups in total. The van der Waals surface area contributed by atoms with Gasteiger partial charge < -0.3 is 24.2 Å². The van der Waals surface area contributed by atoms with E-state index in [0.717, 1.165) is 5.56 Å². The molecule has 7 heteroatoms. The molecular weight excluding hydrogens is 470 g/mol. The van der Waals surface area contributed by atoms with Crippen molar-refractivity contribution < 1.29 is 28.9 Å². The van der Waals surface area contributed by atoms with Gasteiger partial charge in [0.15, 0.2) is 11.5 Å². The van der Waals surface area contributed by atoms with Crippen LogP contribution in [0.3, 0.4) is 0 Å². The summed E-state index contributed by atoms with van der Waals surface area (Å²) in [5.41, 5.74) is 2.09. The maximum Gasteiger partial charge on any atom is 0.295 e. The second-order valence-electron chi connectivity index (χ2n) is 8.64. The maximum atomic E-state index is 13.2.